The van der Waals surface area contributed by atoms with Crippen LogP contribution in [0.15, 0.2) is 54.6 Å². The van der Waals surface area contributed by atoms with Gasteiger partial charge in [0.1, 0.15) is 18.1 Å². The molecule has 0 fully saturated rings. The van der Waals surface area contributed by atoms with E-state index in [-0.39, 0.29) is 12.4 Å². The van der Waals surface area contributed by atoms with Gasteiger partial charge >= 0.3 is 0 Å². The number of allylic oxidation sites excluding steroid dienone is 1. The van der Waals surface area contributed by atoms with Gasteiger partial charge in [-0.05, 0) is 35.9 Å². The zero-order valence-corrected chi connectivity index (χ0v) is 12.3. The van der Waals surface area contributed by atoms with Gasteiger partial charge in [-0.15, -0.1) is 6.42 Å². The van der Waals surface area contributed by atoms with Crippen LogP contribution in [-0.2, 0) is 0 Å². The molecule has 0 aliphatic carbocycles. The normalized spacial score (nSPS) is 10.2. The lowest BCUT2D eigenvalue weighted by Crippen LogP contribution is -2.01. The summed E-state index contributed by atoms with van der Waals surface area (Å²) in [6.45, 7) is 0.131. The Bertz CT molecular complexity index is 706. The number of carbonyl (C=O) groups is 1. The summed E-state index contributed by atoms with van der Waals surface area (Å²) in [5, 5.41) is 0. The summed E-state index contributed by atoms with van der Waals surface area (Å²) in [5.41, 5.74) is 1.40. The van der Waals surface area contributed by atoms with Crippen molar-refractivity contribution in [1.29, 1.82) is 0 Å². The van der Waals surface area contributed by atoms with Gasteiger partial charge in [-0.2, -0.15) is 0 Å². The Morgan fingerprint density at radius 1 is 1.18 bits per heavy atom. The Labute approximate surface area is 130 Å². The fourth-order valence-electron chi connectivity index (χ4n) is 1.89. The molecule has 0 aromatic heterocycles. The highest BCUT2D eigenvalue weighted by Crippen LogP contribution is 2.19. The van der Waals surface area contributed by atoms with Crippen molar-refractivity contribution in [3.63, 3.8) is 0 Å². The number of carbonyl (C=O) groups excluding carboxylic acids is 1. The second kappa shape index (κ2) is 7.70. The second-order valence-corrected chi connectivity index (χ2v) is 4.46. The number of rotatable bonds is 6. The van der Waals surface area contributed by atoms with Gasteiger partial charge in [0.2, 0.25) is 0 Å². The fraction of sp³-hybridized carbons (Fsp3) is 0.105. The van der Waals surface area contributed by atoms with E-state index in [0.717, 1.165) is 11.3 Å². The van der Waals surface area contributed by atoms with Crippen molar-refractivity contribution >= 4 is 11.9 Å². The van der Waals surface area contributed by atoms with Crippen LogP contribution in [0.5, 0.6) is 11.5 Å². The molecule has 0 saturated heterocycles. The predicted molar refractivity (Wildman–Crippen MR) is 87.1 cm³/mol. The molecule has 2 aromatic rings. The fourth-order valence-corrected chi connectivity index (χ4v) is 1.89. The summed E-state index contributed by atoms with van der Waals surface area (Å²) in [6.07, 6.45) is 8.44. The number of benzene rings is 2. The molecule has 0 radical (unpaired) electrons. The van der Waals surface area contributed by atoms with E-state index in [1.165, 1.54) is 6.08 Å². The standard InChI is InChI=1S/C19H16O3/c1-3-14-22-19-7-5-4-6-17(19)18(20)13-10-15-8-11-16(21-2)12-9-15/h1,4-13H,14H2,2H3/b13-10+. The molecule has 0 amide bonds. The molecule has 3 heteroatoms. The number of ether oxygens (including phenoxy) is 2. The summed E-state index contributed by atoms with van der Waals surface area (Å²) in [4.78, 5) is 12.3. The highest BCUT2D eigenvalue weighted by Gasteiger charge is 2.08. The van der Waals surface area contributed by atoms with Crippen LogP contribution in [0.25, 0.3) is 6.08 Å². The zero-order chi connectivity index (χ0) is 15.8. The van der Waals surface area contributed by atoms with E-state index in [4.69, 9.17) is 15.9 Å². The van der Waals surface area contributed by atoms with Crippen molar-refractivity contribution in [2.45, 2.75) is 0 Å². The van der Waals surface area contributed by atoms with Crippen molar-refractivity contribution in [1.82, 2.24) is 0 Å². The van der Waals surface area contributed by atoms with Gasteiger partial charge in [-0.25, -0.2) is 0 Å². The Kier molecular flexibility index (Phi) is 5.39. The third kappa shape index (κ3) is 4.00. The number of para-hydroxylation sites is 1. The van der Waals surface area contributed by atoms with Crippen LogP contribution >= 0.6 is 0 Å². The van der Waals surface area contributed by atoms with Gasteiger partial charge in [-0.3, -0.25) is 4.79 Å². The topological polar surface area (TPSA) is 35.5 Å². The maximum absolute atomic E-state index is 12.3. The molecule has 0 N–H and O–H groups in total. The Morgan fingerprint density at radius 3 is 2.59 bits per heavy atom. The molecule has 0 bridgehead atoms. The summed E-state index contributed by atoms with van der Waals surface area (Å²) in [5.74, 6) is 3.52. The Morgan fingerprint density at radius 2 is 1.91 bits per heavy atom. The minimum absolute atomic E-state index is 0.131. The van der Waals surface area contributed by atoms with Crippen LogP contribution in [0.4, 0.5) is 0 Å². The van der Waals surface area contributed by atoms with Gasteiger partial charge in [0.15, 0.2) is 5.78 Å². The van der Waals surface area contributed by atoms with E-state index in [1.54, 1.807) is 37.5 Å². The average molecular weight is 292 g/mol. The molecule has 0 heterocycles. The molecule has 22 heavy (non-hydrogen) atoms. The Balaban J connectivity index is 2.14. The molecule has 0 spiro atoms. The number of terminal acetylenes is 1. The predicted octanol–water partition coefficient (Wildman–Crippen LogP) is 3.60. The summed E-state index contributed by atoms with van der Waals surface area (Å²) >= 11 is 0. The molecule has 0 aliphatic heterocycles. The molecule has 0 atom stereocenters. The monoisotopic (exact) mass is 292 g/mol. The first-order chi connectivity index (χ1) is 10.7. The lowest BCUT2D eigenvalue weighted by Gasteiger charge is -2.06. The maximum atomic E-state index is 12.3. The summed E-state index contributed by atoms with van der Waals surface area (Å²) < 4.78 is 10.5. The van der Waals surface area contributed by atoms with E-state index in [9.17, 15) is 4.79 Å². The minimum atomic E-state index is -0.136. The van der Waals surface area contributed by atoms with Crippen LogP contribution in [0.1, 0.15) is 15.9 Å². The molecule has 0 saturated carbocycles. The van der Waals surface area contributed by atoms with E-state index in [1.807, 2.05) is 24.3 Å². The smallest absolute Gasteiger partial charge is 0.189 e. The average Bonchev–Trinajstić information content (AvgIpc) is 2.58. The van der Waals surface area contributed by atoms with Crippen LogP contribution in [0.3, 0.4) is 0 Å². The van der Waals surface area contributed by atoms with E-state index in [2.05, 4.69) is 5.92 Å². The molecule has 2 aromatic carbocycles. The van der Waals surface area contributed by atoms with E-state index < -0.39 is 0 Å². The first kappa shape index (κ1) is 15.4. The highest BCUT2D eigenvalue weighted by molar-refractivity contribution is 6.08. The molecular weight excluding hydrogens is 276 g/mol. The van der Waals surface area contributed by atoms with Crippen LogP contribution < -0.4 is 9.47 Å². The van der Waals surface area contributed by atoms with Crippen LogP contribution in [0.2, 0.25) is 0 Å². The van der Waals surface area contributed by atoms with Crippen molar-refractivity contribution in [2.24, 2.45) is 0 Å². The van der Waals surface area contributed by atoms with E-state index in [0.29, 0.717) is 11.3 Å². The molecular formula is C19H16O3. The van der Waals surface area contributed by atoms with Gasteiger partial charge in [0, 0.05) is 0 Å². The largest absolute Gasteiger partial charge is 0.497 e. The van der Waals surface area contributed by atoms with E-state index >= 15 is 0 Å². The van der Waals surface area contributed by atoms with Crippen molar-refractivity contribution in [3.8, 4) is 23.8 Å². The quantitative estimate of drug-likeness (QED) is 0.463. The third-order valence-corrected chi connectivity index (χ3v) is 3.01. The minimum Gasteiger partial charge on any atom is -0.497 e. The SMILES string of the molecule is C#CCOc1ccccc1C(=O)/C=C/c1ccc(OC)cc1. The number of hydrogen-bond donors (Lipinski definition) is 0. The lowest BCUT2D eigenvalue weighted by atomic mass is 10.1. The third-order valence-electron chi connectivity index (χ3n) is 3.01. The van der Waals surface area contributed by atoms with Gasteiger partial charge in [0.05, 0.1) is 12.7 Å². The number of methoxy groups -OCH3 is 1. The van der Waals surface area contributed by atoms with Crippen LogP contribution in [-0.4, -0.2) is 19.5 Å². The highest BCUT2D eigenvalue weighted by atomic mass is 16.5. The summed E-state index contributed by atoms with van der Waals surface area (Å²) in [7, 11) is 1.61. The lowest BCUT2D eigenvalue weighted by molar-refractivity contribution is 0.104. The van der Waals surface area contributed by atoms with Gasteiger partial charge in [-0.1, -0.05) is 36.3 Å². The number of hydrogen-bond acceptors (Lipinski definition) is 3. The summed E-state index contributed by atoms with van der Waals surface area (Å²) in [6, 6.07) is 14.5. The zero-order valence-electron chi connectivity index (χ0n) is 12.3. The first-order valence-electron chi connectivity index (χ1n) is 6.76. The van der Waals surface area contributed by atoms with Gasteiger partial charge in [0.25, 0.3) is 0 Å². The van der Waals surface area contributed by atoms with Crippen molar-refractivity contribution in [2.75, 3.05) is 13.7 Å². The number of ketones is 1. The van der Waals surface area contributed by atoms with Crippen molar-refractivity contribution < 1.29 is 14.3 Å². The molecule has 110 valence electrons. The molecule has 2 rings (SSSR count). The molecule has 3 nitrogen and oxygen atoms in total. The van der Waals surface area contributed by atoms with Crippen LogP contribution in [0, 0.1) is 12.3 Å². The van der Waals surface area contributed by atoms with Crippen molar-refractivity contribution in [3.05, 3.63) is 65.7 Å². The maximum Gasteiger partial charge on any atom is 0.189 e. The molecule has 0 unspecified atom stereocenters. The Hall–Kier alpha value is -2.99. The van der Waals surface area contributed by atoms with Gasteiger partial charge < -0.3 is 9.47 Å². The molecule has 0 aliphatic rings. The first-order valence-corrected chi connectivity index (χ1v) is 6.76. The second-order valence-electron chi connectivity index (χ2n) is 4.46.